The number of amides is 1. The molecule has 0 aliphatic heterocycles. The van der Waals surface area contributed by atoms with E-state index in [9.17, 15) is 4.79 Å². The predicted molar refractivity (Wildman–Crippen MR) is 75.8 cm³/mol. The fraction of sp³-hybridized carbons (Fsp3) is 0.467. The lowest BCUT2D eigenvalue weighted by atomic mass is 10.1. The lowest BCUT2D eigenvalue weighted by Crippen LogP contribution is -2.24. The summed E-state index contributed by atoms with van der Waals surface area (Å²) in [5.74, 6) is 0.316. The van der Waals surface area contributed by atoms with Crippen molar-refractivity contribution in [3.05, 3.63) is 42.4 Å². The molecule has 0 atom stereocenters. The molecule has 1 rings (SSSR count). The highest BCUT2D eigenvalue weighted by Gasteiger charge is 2.01. The van der Waals surface area contributed by atoms with Gasteiger partial charge in [-0.1, -0.05) is 19.1 Å². The molecule has 0 spiro atoms. The van der Waals surface area contributed by atoms with Gasteiger partial charge >= 0.3 is 0 Å². The van der Waals surface area contributed by atoms with Crippen LogP contribution in [0.3, 0.4) is 0 Å². The Kier molecular flexibility index (Phi) is 7.32. The van der Waals surface area contributed by atoms with Gasteiger partial charge in [0, 0.05) is 31.8 Å². The Balaban J connectivity index is 2.01. The molecule has 0 radical (unpaired) electrons. The van der Waals surface area contributed by atoms with Crippen molar-refractivity contribution < 1.29 is 9.90 Å². The molecule has 0 saturated carbocycles. The largest absolute Gasteiger partial charge is 0.513 e. The summed E-state index contributed by atoms with van der Waals surface area (Å²) in [5.41, 5.74) is 1.08. The number of aryl methyl sites for hydroxylation is 1. The van der Waals surface area contributed by atoms with Crippen LogP contribution < -0.4 is 5.32 Å². The summed E-state index contributed by atoms with van der Waals surface area (Å²) in [7, 11) is 0. The molecule has 0 unspecified atom stereocenters. The summed E-state index contributed by atoms with van der Waals surface area (Å²) in [5, 5.41) is 11.8. The molecule has 0 aliphatic rings. The minimum Gasteiger partial charge on any atom is -0.513 e. The van der Waals surface area contributed by atoms with Gasteiger partial charge in [0.1, 0.15) is 0 Å². The molecule has 2 N–H and O–H groups in total. The van der Waals surface area contributed by atoms with Crippen molar-refractivity contribution in [3.63, 3.8) is 0 Å². The van der Waals surface area contributed by atoms with Crippen LogP contribution in [0.5, 0.6) is 0 Å². The van der Waals surface area contributed by atoms with E-state index in [2.05, 4.69) is 16.9 Å². The molecule has 0 aromatic carbocycles. The molecule has 1 aromatic heterocycles. The van der Waals surface area contributed by atoms with Gasteiger partial charge in [0.15, 0.2) is 0 Å². The number of aromatic nitrogens is 1. The fourth-order valence-electron chi connectivity index (χ4n) is 1.75. The van der Waals surface area contributed by atoms with Gasteiger partial charge in [0.25, 0.3) is 0 Å². The third-order valence-electron chi connectivity index (χ3n) is 2.83. The summed E-state index contributed by atoms with van der Waals surface area (Å²) in [4.78, 5) is 15.6. The standard InChI is InChI=1S/C15H22N2O2/c1-13(18)6-3-2-4-11-17-15(19)9-8-14-7-5-10-16-12-14/h5,7,10,12,18H,1-4,6,8-9,11H2,(H,17,19). The summed E-state index contributed by atoms with van der Waals surface area (Å²) >= 11 is 0. The van der Waals surface area contributed by atoms with Crippen molar-refractivity contribution in [2.75, 3.05) is 6.54 Å². The molecule has 1 aromatic rings. The Morgan fingerprint density at radius 3 is 2.84 bits per heavy atom. The second kappa shape index (κ2) is 9.14. The second-order valence-electron chi connectivity index (χ2n) is 4.59. The first-order valence-corrected chi connectivity index (χ1v) is 6.71. The first-order valence-electron chi connectivity index (χ1n) is 6.71. The fourth-order valence-corrected chi connectivity index (χ4v) is 1.75. The van der Waals surface area contributed by atoms with Gasteiger partial charge in [0.05, 0.1) is 5.76 Å². The van der Waals surface area contributed by atoms with E-state index in [1.807, 2.05) is 12.1 Å². The second-order valence-corrected chi connectivity index (χ2v) is 4.59. The highest BCUT2D eigenvalue weighted by Crippen LogP contribution is 2.04. The number of pyridine rings is 1. The van der Waals surface area contributed by atoms with Crippen LogP contribution in [-0.4, -0.2) is 22.5 Å². The molecule has 0 fully saturated rings. The molecule has 4 heteroatoms. The molecule has 104 valence electrons. The minimum atomic E-state index is 0.0791. The number of carbonyl (C=O) groups excluding carboxylic acids is 1. The molecule has 0 bridgehead atoms. The van der Waals surface area contributed by atoms with Crippen molar-refractivity contribution in [1.29, 1.82) is 0 Å². The summed E-state index contributed by atoms with van der Waals surface area (Å²) in [6.07, 6.45) is 8.23. The van der Waals surface area contributed by atoms with Crippen molar-refractivity contribution in [2.45, 2.75) is 38.5 Å². The van der Waals surface area contributed by atoms with Crippen LogP contribution in [0.1, 0.15) is 37.7 Å². The monoisotopic (exact) mass is 262 g/mol. The van der Waals surface area contributed by atoms with E-state index in [0.29, 0.717) is 19.4 Å². The smallest absolute Gasteiger partial charge is 0.220 e. The normalized spacial score (nSPS) is 10.1. The van der Waals surface area contributed by atoms with Crippen LogP contribution in [0.25, 0.3) is 0 Å². The Morgan fingerprint density at radius 2 is 2.16 bits per heavy atom. The van der Waals surface area contributed by atoms with Crippen LogP contribution in [0.2, 0.25) is 0 Å². The van der Waals surface area contributed by atoms with E-state index in [1.165, 1.54) is 0 Å². The van der Waals surface area contributed by atoms with Gasteiger partial charge in [-0.25, -0.2) is 0 Å². The van der Waals surface area contributed by atoms with Gasteiger partial charge in [-0.2, -0.15) is 0 Å². The zero-order chi connectivity index (χ0) is 13.9. The Bertz CT molecular complexity index is 390. The van der Waals surface area contributed by atoms with Gasteiger partial charge in [0.2, 0.25) is 5.91 Å². The van der Waals surface area contributed by atoms with Crippen molar-refractivity contribution in [2.24, 2.45) is 0 Å². The Labute approximate surface area is 114 Å². The average Bonchev–Trinajstić information content (AvgIpc) is 2.41. The molecule has 4 nitrogen and oxygen atoms in total. The topological polar surface area (TPSA) is 62.2 Å². The number of aliphatic hydroxyl groups is 1. The van der Waals surface area contributed by atoms with Crippen molar-refractivity contribution in [1.82, 2.24) is 10.3 Å². The Hall–Kier alpha value is -1.84. The highest BCUT2D eigenvalue weighted by atomic mass is 16.3. The van der Waals surface area contributed by atoms with Crippen molar-refractivity contribution in [3.8, 4) is 0 Å². The predicted octanol–water partition coefficient (Wildman–Crippen LogP) is 2.76. The maximum atomic E-state index is 11.6. The number of carbonyl (C=O) groups is 1. The maximum absolute atomic E-state index is 11.6. The van der Waals surface area contributed by atoms with Crippen molar-refractivity contribution >= 4 is 5.91 Å². The molecule has 0 saturated heterocycles. The number of nitrogens with zero attached hydrogens (tertiary/aromatic N) is 1. The maximum Gasteiger partial charge on any atom is 0.220 e. The minimum absolute atomic E-state index is 0.0791. The van der Waals surface area contributed by atoms with E-state index < -0.39 is 0 Å². The van der Waals surface area contributed by atoms with E-state index in [-0.39, 0.29) is 11.7 Å². The van der Waals surface area contributed by atoms with E-state index in [0.717, 1.165) is 31.2 Å². The molecular weight excluding hydrogens is 240 g/mol. The summed E-state index contributed by atoms with van der Waals surface area (Å²) in [6, 6.07) is 3.85. The van der Waals surface area contributed by atoms with Gasteiger partial charge < -0.3 is 10.4 Å². The lowest BCUT2D eigenvalue weighted by molar-refractivity contribution is -0.121. The molecule has 1 amide bonds. The third-order valence-corrected chi connectivity index (χ3v) is 2.83. The first-order chi connectivity index (χ1) is 9.18. The van der Waals surface area contributed by atoms with Crippen LogP contribution >= 0.6 is 0 Å². The highest BCUT2D eigenvalue weighted by molar-refractivity contribution is 5.76. The zero-order valence-corrected chi connectivity index (χ0v) is 11.3. The van der Waals surface area contributed by atoms with E-state index in [4.69, 9.17) is 5.11 Å². The molecule has 1 heterocycles. The van der Waals surface area contributed by atoms with Gasteiger partial charge in [-0.15, -0.1) is 0 Å². The Morgan fingerprint density at radius 1 is 1.32 bits per heavy atom. The average molecular weight is 262 g/mol. The number of unbranched alkanes of at least 4 members (excludes halogenated alkanes) is 2. The van der Waals surface area contributed by atoms with Crippen LogP contribution in [0, 0.1) is 0 Å². The molecule has 0 aliphatic carbocycles. The zero-order valence-electron chi connectivity index (χ0n) is 11.3. The first kappa shape index (κ1) is 15.2. The number of allylic oxidation sites excluding steroid dienone is 1. The third kappa shape index (κ3) is 7.97. The van der Waals surface area contributed by atoms with Crippen LogP contribution in [0.15, 0.2) is 36.9 Å². The van der Waals surface area contributed by atoms with E-state index >= 15 is 0 Å². The lowest BCUT2D eigenvalue weighted by Gasteiger charge is -2.05. The summed E-state index contributed by atoms with van der Waals surface area (Å²) < 4.78 is 0. The van der Waals surface area contributed by atoms with Crippen LogP contribution in [-0.2, 0) is 11.2 Å². The number of aliphatic hydroxyl groups excluding tert-OH is 1. The molecular formula is C15H22N2O2. The van der Waals surface area contributed by atoms with E-state index in [1.54, 1.807) is 12.4 Å². The van der Waals surface area contributed by atoms with Gasteiger partial charge in [-0.05, 0) is 30.9 Å². The SMILES string of the molecule is C=C(O)CCCCCNC(=O)CCc1cccnc1. The number of nitrogens with one attached hydrogen (secondary N) is 1. The number of hydrogen-bond donors (Lipinski definition) is 2. The quantitative estimate of drug-likeness (QED) is 0.531. The van der Waals surface area contributed by atoms with Gasteiger partial charge in [-0.3, -0.25) is 9.78 Å². The number of hydrogen-bond acceptors (Lipinski definition) is 3. The number of rotatable bonds is 9. The molecule has 19 heavy (non-hydrogen) atoms. The summed E-state index contributed by atoms with van der Waals surface area (Å²) in [6.45, 7) is 4.13. The van der Waals surface area contributed by atoms with Crippen LogP contribution in [0.4, 0.5) is 0 Å².